The molecule has 5 heteroatoms. The number of aromatic nitrogens is 2. The fourth-order valence-electron chi connectivity index (χ4n) is 2.75. The average molecular weight is 332 g/mol. The molecule has 0 spiro atoms. The number of nitriles is 1. The number of benzene rings is 1. The fourth-order valence-corrected chi connectivity index (χ4v) is 3.19. The van der Waals surface area contributed by atoms with Crippen molar-refractivity contribution in [3.05, 3.63) is 47.5 Å². The van der Waals surface area contributed by atoms with E-state index >= 15 is 0 Å². The minimum Gasteiger partial charge on any atom is -0.400 e. The van der Waals surface area contributed by atoms with Crippen LogP contribution in [0.2, 0.25) is 0 Å². The molecule has 0 saturated carbocycles. The molecule has 0 amide bonds. The fraction of sp³-hybridized carbons (Fsp3) is 0.444. The van der Waals surface area contributed by atoms with Crippen molar-refractivity contribution in [2.24, 2.45) is 0 Å². The highest BCUT2D eigenvalue weighted by molar-refractivity contribution is 8.03. The number of hydrogen-bond acceptors (Lipinski definition) is 3. The summed E-state index contributed by atoms with van der Waals surface area (Å²) in [4.78, 5) is 0. The molecule has 0 saturated heterocycles. The standard InChI is InChI=1S/C17H22N3S.CH4O/c1-14-10-15(2)17(16(3)11-14)20-8-7-19(13-20)6-4-5-9-21-12-18;1-2/h7-8,10-11,13H,4-6,9H2,1-3H3;2H,1H3/q+1;. The molecule has 4 nitrogen and oxygen atoms in total. The first-order valence-electron chi connectivity index (χ1n) is 7.72. The lowest BCUT2D eigenvalue weighted by atomic mass is 10.1. The number of unbranched alkanes of at least 4 members (excludes halogenated alkanes) is 1. The predicted molar refractivity (Wildman–Crippen MR) is 95.6 cm³/mol. The van der Waals surface area contributed by atoms with Gasteiger partial charge in [-0.15, -0.1) is 0 Å². The van der Waals surface area contributed by atoms with Crippen molar-refractivity contribution < 1.29 is 9.67 Å². The second-order valence-corrected chi connectivity index (χ2v) is 6.33. The summed E-state index contributed by atoms with van der Waals surface area (Å²) in [6.07, 6.45) is 8.58. The van der Waals surface area contributed by atoms with E-state index < -0.39 is 0 Å². The third kappa shape index (κ3) is 5.74. The summed E-state index contributed by atoms with van der Waals surface area (Å²) >= 11 is 1.34. The van der Waals surface area contributed by atoms with Crippen molar-refractivity contribution in [2.45, 2.75) is 40.2 Å². The molecule has 0 radical (unpaired) electrons. The maximum absolute atomic E-state index is 8.49. The molecule has 1 aromatic heterocycles. The smallest absolute Gasteiger partial charge is 0.248 e. The Balaban J connectivity index is 0.00000127. The van der Waals surface area contributed by atoms with Gasteiger partial charge in [-0.05, 0) is 56.5 Å². The number of aliphatic hydroxyl groups excluding tert-OH is 1. The van der Waals surface area contributed by atoms with Crippen LogP contribution in [0.1, 0.15) is 29.5 Å². The first-order chi connectivity index (χ1) is 11.1. The molecule has 1 heterocycles. The van der Waals surface area contributed by atoms with Crippen LogP contribution in [0.4, 0.5) is 0 Å². The summed E-state index contributed by atoms with van der Waals surface area (Å²) in [6, 6.07) is 4.46. The second kappa shape index (κ2) is 10.1. The van der Waals surface area contributed by atoms with Crippen LogP contribution in [0.15, 0.2) is 30.9 Å². The highest BCUT2D eigenvalue weighted by Gasteiger charge is 2.12. The number of thiocyanates is 1. The Labute approximate surface area is 143 Å². The maximum Gasteiger partial charge on any atom is 0.248 e. The molecule has 0 aliphatic rings. The van der Waals surface area contributed by atoms with Gasteiger partial charge in [0.05, 0.1) is 6.54 Å². The summed E-state index contributed by atoms with van der Waals surface area (Å²) in [5, 5.41) is 17.6. The minimum atomic E-state index is 0.925. The van der Waals surface area contributed by atoms with Gasteiger partial charge in [0.1, 0.15) is 23.5 Å². The number of aliphatic hydroxyl groups is 1. The van der Waals surface area contributed by atoms with Gasteiger partial charge in [0.15, 0.2) is 0 Å². The van der Waals surface area contributed by atoms with Crippen molar-refractivity contribution in [3.8, 4) is 11.1 Å². The van der Waals surface area contributed by atoms with Crippen LogP contribution in [0.25, 0.3) is 5.69 Å². The molecule has 0 aliphatic carbocycles. The lowest BCUT2D eigenvalue weighted by molar-refractivity contribution is -0.696. The highest BCUT2D eigenvalue weighted by atomic mass is 32.2. The monoisotopic (exact) mass is 332 g/mol. The van der Waals surface area contributed by atoms with Crippen molar-refractivity contribution in [3.63, 3.8) is 0 Å². The van der Waals surface area contributed by atoms with E-state index in [0.717, 1.165) is 32.2 Å². The first-order valence-corrected chi connectivity index (χ1v) is 8.71. The molecule has 0 unspecified atom stereocenters. The molecule has 1 aromatic carbocycles. The van der Waals surface area contributed by atoms with Gasteiger partial charge < -0.3 is 5.11 Å². The van der Waals surface area contributed by atoms with Crippen LogP contribution in [0.5, 0.6) is 0 Å². The van der Waals surface area contributed by atoms with Crippen LogP contribution in [-0.2, 0) is 6.54 Å². The van der Waals surface area contributed by atoms with Crippen molar-refractivity contribution in [1.82, 2.24) is 4.57 Å². The molecule has 23 heavy (non-hydrogen) atoms. The van der Waals surface area contributed by atoms with Crippen molar-refractivity contribution in [2.75, 3.05) is 12.9 Å². The third-order valence-corrected chi connectivity index (χ3v) is 4.18. The van der Waals surface area contributed by atoms with Crippen LogP contribution in [-0.4, -0.2) is 22.5 Å². The molecule has 124 valence electrons. The normalized spacial score (nSPS) is 9.91. The molecule has 0 bridgehead atoms. The molecular weight excluding hydrogens is 306 g/mol. The lowest BCUT2D eigenvalue weighted by Crippen LogP contribution is -2.30. The van der Waals surface area contributed by atoms with E-state index in [1.54, 1.807) is 0 Å². The Kier molecular flexibility index (Phi) is 8.46. The van der Waals surface area contributed by atoms with Gasteiger partial charge in [-0.25, -0.2) is 9.13 Å². The number of imidazole rings is 1. The summed E-state index contributed by atoms with van der Waals surface area (Å²) in [5.41, 5.74) is 5.20. The average Bonchev–Trinajstić information content (AvgIpc) is 2.96. The van der Waals surface area contributed by atoms with Gasteiger partial charge in [-0.1, -0.05) is 17.7 Å². The summed E-state index contributed by atoms with van der Waals surface area (Å²) < 4.78 is 4.42. The molecule has 2 aromatic rings. The van der Waals surface area contributed by atoms with E-state index in [4.69, 9.17) is 10.4 Å². The Hall–Kier alpha value is -1.77. The van der Waals surface area contributed by atoms with Gasteiger partial charge in [0.2, 0.25) is 6.33 Å². The molecule has 0 atom stereocenters. The SMILES string of the molecule is CO.Cc1cc(C)c(-n2cc[n+](CCCCSC#N)c2)c(C)c1. The summed E-state index contributed by atoms with van der Waals surface area (Å²) in [5.74, 6) is 0.925. The molecule has 0 fully saturated rings. The van der Waals surface area contributed by atoms with Crippen LogP contribution in [0.3, 0.4) is 0 Å². The van der Waals surface area contributed by atoms with E-state index in [9.17, 15) is 0 Å². The van der Waals surface area contributed by atoms with Crippen LogP contribution in [0, 0.1) is 31.4 Å². The van der Waals surface area contributed by atoms with Gasteiger partial charge in [-0.3, -0.25) is 0 Å². The number of nitrogens with zero attached hydrogens (tertiary/aromatic N) is 3. The maximum atomic E-state index is 8.49. The lowest BCUT2D eigenvalue weighted by Gasteiger charge is -2.07. The predicted octanol–water partition coefficient (Wildman–Crippen LogP) is 3.29. The largest absolute Gasteiger partial charge is 0.400 e. The molecule has 2 rings (SSSR count). The Morgan fingerprint density at radius 1 is 1.17 bits per heavy atom. The number of thioether (sulfide) groups is 1. The van der Waals surface area contributed by atoms with Gasteiger partial charge in [0, 0.05) is 12.9 Å². The molecule has 0 aliphatic heterocycles. The second-order valence-electron chi connectivity index (χ2n) is 5.45. The highest BCUT2D eigenvalue weighted by Crippen LogP contribution is 2.20. The Bertz CT molecular complexity index is 636. The first kappa shape index (κ1) is 19.3. The van der Waals surface area contributed by atoms with Crippen LogP contribution >= 0.6 is 11.8 Å². The summed E-state index contributed by atoms with van der Waals surface area (Å²) in [7, 11) is 1.00. The molecular formula is C18H26N3OS+. The van der Waals surface area contributed by atoms with E-state index in [1.807, 2.05) is 0 Å². The minimum absolute atomic E-state index is 0.925. The molecule has 1 N–H and O–H groups in total. The third-order valence-electron chi connectivity index (χ3n) is 3.56. The number of aryl methyl sites for hydroxylation is 4. The summed E-state index contributed by atoms with van der Waals surface area (Å²) in [6.45, 7) is 7.47. The zero-order chi connectivity index (χ0) is 17.2. The number of rotatable bonds is 6. The quantitative estimate of drug-likeness (QED) is 0.502. The van der Waals surface area contributed by atoms with Crippen LogP contribution < -0.4 is 4.57 Å². The van der Waals surface area contributed by atoms with Gasteiger partial charge >= 0.3 is 0 Å². The van der Waals surface area contributed by atoms with E-state index in [0.29, 0.717) is 0 Å². The van der Waals surface area contributed by atoms with Crippen molar-refractivity contribution >= 4 is 11.8 Å². The van der Waals surface area contributed by atoms with Crippen molar-refractivity contribution in [1.29, 1.82) is 5.26 Å². The van der Waals surface area contributed by atoms with Gasteiger partial charge in [-0.2, -0.15) is 5.26 Å². The van der Waals surface area contributed by atoms with E-state index in [1.165, 1.54) is 34.1 Å². The van der Waals surface area contributed by atoms with E-state index in [-0.39, 0.29) is 0 Å². The zero-order valence-corrected chi connectivity index (χ0v) is 15.2. The Morgan fingerprint density at radius 3 is 2.43 bits per heavy atom. The number of hydrogen-bond donors (Lipinski definition) is 1. The Morgan fingerprint density at radius 2 is 1.83 bits per heavy atom. The zero-order valence-electron chi connectivity index (χ0n) is 14.4. The topological polar surface area (TPSA) is 52.8 Å². The van der Waals surface area contributed by atoms with E-state index in [2.05, 4.69) is 66.2 Å². The van der Waals surface area contributed by atoms with Gasteiger partial charge in [0.25, 0.3) is 0 Å².